The highest BCUT2D eigenvalue weighted by Gasteiger charge is 2.26. The number of hydrazine groups is 1. The molecule has 2 aromatic heterocycles. The Labute approximate surface area is 223 Å². The molecule has 1 fully saturated rings. The number of anilines is 3. The summed E-state index contributed by atoms with van der Waals surface area (Å²) in [6.07, 6.45) is 7.10. The molecule has 9 nitrogen and oxygen atoms in total. The molecule has 0 radical (unpaired) electrons. The van der Waals surface area contributed by atoms with E-state index in [9.17, 15) is 5.11 Å². The second-order valence-electron chi connectivity index (χ2n) is 10.2. The second-order valence-corrected chi connectivity index (χ2v) is 10.2. The Kier molecular flexibility index (Phi) is 7.76. The Morgan fingerprint density at radius 2 is 1.87 bits per heavy atom. The van der Waals surface area contributed by atoms with Gasteiger partial charge in [0, 0.05) is 18.7 Å². The molecule has 1 saturated heterocycles. The van der Waals surface area contributed by atoms with Gasteiger partial charge in [0.25, 0.3) is 0 Å². The van der Waals surface area contributed by atoms with Gasteiger partial charge in [-0.2, -0.15) is 5.10 Å². The van der Waals surface area contributed by atoms with Crippen molar-refractivity contribution in [2.24, 2.45) is 11.8 Å². The summed E-state index contributed by atoms with van der Waals surface area (Å²) < 4.78 is 1.88. The number of aromatic nitrogens is 3. The van der Waals surface area contributed by atoms with E-state index in [1.165, 1.54) is 12.0 Å². The molecular formula is C29H36N8O. The van der Waals surface area contributed by atoms with Crippen LogP contribution >= 0.6 is 0 Å². The van der Waals surface area contributed by atoms with Crippen molar-refractivity contribution in [1.82, 2.24) is 19.7 Å². The smallest absolute Gasteiger partial charge is 0.165 e. The molecule has 38 heavy (non-hydrogen) atoms. The lowest BCUT2D eigenvalue weighted by atomic mass is 9.89. The number of hydrogen-bond acceptors (Lipinski definition) is 8. The van der Waals surface area contributed by atoms with Gasteiger partial charge in [-0.15, -0.1) is 0 Å². The first-order valence-corrected chi connectivity index (χ1v) is 13.1. The molecule has 0 spiro atoms. The van der Waals surface area contributed by atoms with Gasteiger partial charge in [-0.05, 0) is 78.7 Å². The molecule has 1 aliphatic rings. The normalized spacial score (nSPS) is 16.5. The van der Waals surface area contributed by atoms with E-state index in [0.717, 1.165) is 49.2 Å². The van der Waals surface area contributed by atoms with Crippen LogP contribution < -0.4 is 22.7 Å². The van der Waals surface area contributed by atoms with Gasteiger partial charge >= 0.3 is 0 Å². The quantitative estimate of drug-likeness (QED) is 0.160. The summed E-state index contributed by atoms with van der Waals surface area (Å²) in [5.41, 5.74) is 20.0. The number of hydrogen-bond donors (Lipinski definition) is 5. The summed E-state index contributed by atoms with van der Waals surface area (Å²) in [6, 6.07) is 19.8. The summed E-state index contributed by atoms with van der Waals surface area (Å²) in [6.45, 7) is 3.66. The lowest BCUT2D eigenvalue weighted by molar-refractivity contribution is 0.314. The number of nitrogens with zero attached hydrogens (tertiary/aromatic N) is 4. The van der Waals surface area contributed by atoms with Gasteiger partial charge in [0.05, 0.1) is 18.4 Å². The predicted octanol–water partition coefficient (Wildman–Crippen LogP) is 3.57. The van der Waals surface area contributed by atoms with E-state index in [-0.39, 0.29) is 11.7 Å². The largest absolute Gasteiger partial charge is 0.508 e. The van der Waals surface area contributed by atoms with Crippen molar-refractivity contribution >= 4 is 17.3 Å². The van der Waals surface area contributed by atoms with Gasteiger partial charge < -0.3 is 26.9 Å². The number of pyridine rings is 1. The topological polar surface area (TPSA) is 144 Å². The van der Waals surface area contributed by atoms with Gasteiger partial charge in [0.2, 0.25) is 0 Å². The summed E-state index contributed by atoms with van der Waals surface area (Å²) >= 11 is 0. The van der Waals surface area contributed by atoms with Crippen LogP contribution in [0, 0.1) is 5.92 Å². The minimum absolute atomic E-state index is 0.0292. The molecule has 2 unspecified atom stereocenters. The van der Waals surface area contributed by atoms with Crippen LogP contribution in [0.15, 0.2) is 73.1 Å². The number of rotatable bonds is 10. The van der Waals surface area contributed by atoms with Crippen molar-refractivity contribution in [2.75, 3.05) is 36.5 Å². The molecule has 0 aliphatic carbocycles. The fourth-order valence-corrected chi connectivity index (χ4v) is 5.52. The Morgan fingerprint density at radius 1 is 1.05 bits per heavy atom. The number of nitrogen functional groups attached to an aromatic ring is 3. The number of nitrogens with two attached hydrogens (primary N) is 3. The summed E-state index contributed by atoms with van der Waals surface area (Å²) in [7, 11) is 0. The first-order valence-electron chi connectivity index (χ1n) is 13.1. The van der Waals surface area contributed by atoms with Crippen LogP contribution in [-0.4, -0.2) is 44.4 Å². The van der Waals surface area contributed by atoms with E-state index in [1.807, 2.05) is 35.3 Å². The Bertz CT molecular complexity index is 1360. The molecular weight excluding hydrogens is 476 g/mol. The molecule has 1 aliphatic heterocycles. The highest BCUT2D eigenvalue weighted by Crippen LogP contribution is 2.36. The van der Waals surface area contributed by atoms with Crippen molar-refractivity contribution < 1.29 is 5.11 Å². The Balaban J connectivity index is 1.34. The number of phenols is 1. The minimum Gasteiger partial charge on any atom is -0.508 e. The molecule has 3 heterocycles. The first kappa shape index (κ1) is 25.6. The van der Waals surface area contributed by atoms with Gasteiger partial charge in [-0.1, -0.05) is 42.5 Å². The lowest BCUT2D eigenvalue weighted by Crippen LogP contribution is -2.24. The summed E-state index contributed by atoms with van der Waals surface area (Å²) in [4.78, 5) is 6.79. The first-order chi connectivity index (χ1) is 18.5. The molecule has 4 aromatic rings. The third-order valence-electron chi connectivity index (χ3n) is 7.40. The van der Waals surface area contributed by atoms with E-state index in [4.69, 9.17) is 17.3 Å². The van der Waals surface area contributed by atoms with Crippen LogP contribution in [0.25, 0.3) is 0 Å². The maximum absolute atomic E-state index is 9.83. The van der Waals surface area contributed by atoms with E-state index in [2.05, 4.69) is 50.7 Å². The van der Waals surface area contributed by atoms with Crippen molar-refractivity contribution in [2.45, 2.75) is 31.7 Å². The summed E-state index contributed by atoms with van der Waals surface area (Å²) in [5, 5.41) is 14.4. The molecule has 0 bridgehead atoms. The molecule has 0 saturated carbocycles. The van der Waals surface area contributed by atoms with Crippen LogP contribution in [0.5, 0.6) is 5.75 Å². The lowest BCUT2D eigenvalue weighted by Gasteiger charge is -2.23. The van der Waals surface area contributed by atoms with Crippen molar-refractivity contribution in [1.29, 1.82) is 0 Å². The second kappa shape index (κ2) is 11.5. The number of benzene rings is 2. The van der Waals surface area contributed by atoms with Gasteiger partial charge in [-0.3, -0.25) is 4.68 Å². The van der Waals surface area contributed by atoms with Crippen LogP contribution in [0.2, 0.25) is 0 Å². The Morgan fingerprint density at radius 3 is 2.66 bits per heavy atom. The maximum Gasteiger partial charge on any atom is 0.165 e. The molecule has 8 N–H and O–H groups in total. The number of nitrogens with one attached hydrogen (secondary N) is 1. The number of phenolic OH excluding ortho intramolecular Hbond substituents is 1. The van der Waals surface area contributed by atoms with Crippen LogP contribution in [-0.2, 0) is 13.0 Å². The fourth-order valence-electron chi connectivity index (χ4n) is 5.52. The monoisotopic (exact) mass is 512 g/mol. The molecule has 0 amide bonds. The molecule has 5 rings (SSSR count). The van der Waals surface area contributed by atoms with Crippen molar-refractivity contribution in [3.63, 3.8) is 0 Å². The van der Waals surface area contributed by atoms with E-state index in [0.29, 0.717) is 29.8 Å². The zero-order valence-corrected chi connectivity index (χ0v) is 21.5. The summed E-state index contributed by atoms with van der Waals surface area (Å²) in [5.74, 6) is 7.30. The minimum atomic E-state index is -0.0292. The maximum atomic E-state index is 9.83. The highest BCUT2D eigenvalue weighted by atomic mass is 16.3. The van der Waals surface area contributed by atoms with Crippen molar-refractivity contribution in [3.05, 3.63) is 95.3 Å². The van der Waals surface area contributed by atoms with E-state index < -0.39 is 0 Å². The average molecular weight is 513 g/mol. The van der Waals surface area contributed by atoms with E-state index in [1.54, 1.807) is 12.1 Å². The van der Waals surface area contributed by atoms with Gasteiger partial charge in [0.1, 0.15) is 11.6 Å². The fraction of sp³-hybridized carbons (Fsp3) is 0.310. The molecule has 9 heteroatoms. The average Bonchev–Trinajstić information content (AvgIpc) is 3.56. The van der Waals surface area contributed by atoms with Crippen molar-refractivity contribution in [3.8, 4) is 5.75 Å². The highest BCUT2D eigenvalue weighted by molar-refractivity contribution is 5.70. The third kappa shape index (κ3) is 6.07. The SMILES string of the molecule is NNc1nc(N)cc(C(CCN2CCC(Cc3ccccc3)C2)c2cnn(Cc3cccc(O)c3)c2)c1N. The number of likely N-dealkylation sites (tertiary alicyclic amines) is 1. The van der Waals surface area contributed by atoms with Crippen LogP contribution in [0.4, 0.5) is 17.3 Å². The molecule has 2 atom stereocenters. The third-order valence-corrected chi connectivity index (χ3v) is 7.40. The molecule has 2 aromatic carbocycles. The van der Waals surface area contributed by atoms with Crippen LogP contribution in [0.1, 0.15) is 41.0 Å². The molecule has 198 valence electrons. The zero-order chi connectivity index (χ0) is 26.5. The Hall–Kier alpha value is -4.08. The van der Waals surface area contributed by atoms with Gasteiger partial charge in [-0.25, -0.2) is 10.8 Å². The van der Waals surface area contributed by atoms with E-state index >= 15 is 0 Å². The van der Waals surface area contributed by atoms with Gasteiger partial charge in [0.15, 0.2) is 5.82 Å². The predicted molar refractivity (Wildman–Crippen MR) is 151 cm³/mol. The zero-order valence-electron chi connectivity index (χ0n) is 21.5. The van der Waals surface area contributed by atoms with Crippen LogP contribution in [0.3, 0.4) is 0 Å². The standard InChI is InChI=1S/C29H36N8O/c30-27-15-26(28(31)29(34-27)35-32)25(23-16-33-37(19-23)18-21-7-4-8-24(38)14-21)10-12-36-11-9-22(17-36)13-20-5-2-1-3-6-20/h1-8,14-16,19,22,25,38H,9-13,17-18,31-32H2,(H3,30,34,35). The number of aromatic hydroxyl groups is 1.